The number of ether oxygens (including phenoxy) is 1. The molecule has 0 amide bonds. The molecule has 0 unspecified atom stereocenters. The molecule has 1 rings (SSSR count). The lowest BCUT2D eigenvalue weighted by Crippen LogP contribution is -2.30. The molecule has 0 saturated heterocycles. The lowest BCUT2D eigenvalue weighted by molar-refractivity contribution is -0.143. The zero-order chi connectivity index (χ0) is 8.32. The van der Waals surface area contributed by atoms with Crippen molar-refractivity contribution in [2.75, 3.05) is 13.7 Å². The van der Waals surface area contributed by atoms with Gasteiger partial charge in [0.15, 0.2) is 0 Å². The van der Waals surface area contributed by atoms with Crippen LogP contribution in [0.25, 0.3) is 0 Å². The molecule has 0 spiro atoms. The molecule has 1 aliphatic rings. The van der Waals surface area contributed by atoms with Crippen molar-refractivity contribution >= 4 is 18.4 Å². The molecule has 1 fully saturated rings. The fourth-order valence-corrected chi connectivity index (χ4v) is 1.15. The molecule has 0 atom stereocenters. The second-order valence-electron chi connectivity index (χ2n) is 3.01. The van der Waals surface area contributed by atoms with Crippen molar-refractivity contribution in [1.29, 1.82) is 0 Å². The van der Waals surface area contributed by atoms with Crippen LogP contribution in [0.15, 0.2) is 0 Å². The highest BCUT2D eigenvalue weighted by molar-refractivity contribution is 5.85. The standard InChI is InChI=1S/C8H15NO2.ClH/c1-3-11-7(10)6-8(9-2)4-5-8;/h9H,3-6H2,1-2H3;1H. The lowest BCUT2D eigenvalue weighted by Gasteiger charge is -2.11. The summed E-state index contributed by atoms with van der Waals surface area (Å²) in [4.78, 5) is 11.0. The lowest BCUT2D eigenvalue weighted by atomic mass is 10.2. The molecule has 72 valence electrons. The third-order valence-electron chi connectivity index (χ3n) is 2.17. The normalized spacial score (nSPS) is 17.8. The van der Waals surface area contributed by atoms with Crippen LogP contribution in [0.4, 0.5) is 0 Å². The maximum absolute atomic E-state index is 11.0. The Kier molecular flexibility index (Phi) is 4.57. The van der Waals surface area contributed by atoms with E-state index in [1.807, 2.05) is 14.0 Å². The largest absolute Gasteiger partial charge is 0.466 e. The molecule has 0 aromatic carbocycles. The Labute approximate surface area is 79.3 Å². The zero-order valence-electron chi connectivity index (χ0n) is 7.55. The zero-order valence-corrected chi connectivity index (χ0v) is 8.37. The Morgan fingerprint density at radius 1 is 1.58 bits per heavy atom. The van der Waals surface area contributed by atoms with Crippen molar-refractivity contribution in [3.8, 4) is 0 Å². The smallest absolute Gasteiger partial charge is 0.307 e. The topological polar surface area (TPSA) is 38.3 Å². The van der Waals surface area contributed by atoms with Crippen LogP contribution in [-0.4, -0.2) is 25.2 Å². The van der Waals surface area contributed by atoms with Crippen LogP contribution < -0.4 is 5.32 Å². The van der Waals surface area contributed by atoms with Gasteiger partial charge in [-0.1, -0.05) is 0 Å². The van der Waals surface area contributed by atoms with E-state index in [-0.39, 0.29) is 23.9 Å². The first-order valence-electron chi connectivity index (χ1n) is 4.07. The summed E-state index contributed by atoms with van der Waals surface area (Å²) in [5.41, 5.74) is 0.0895. The minimum Gasteiger partial charge on any atom is -0.466 e. The summed E-state index contributed by atoms with van der Waals surface area (Å²) in [7, 11) is 1.90. The number of carbonyl (C=O) groups is 1. The predicted molar refractivity (Wildman–Crippen MR) is 49.5 cm³/mol. The van der Waals surface area contributed by atoms with E-state index in [1.165, 1.54) is 0 Å². The maximum Gasteiger partial charge on any atom is 0.307 e. The van der Waals surface area contributed by atoms with Crippen molar-refractivity contribution in [2.24, 2.45) is 0 Å². The minimum atomic E-state index is -0.0839. The van der Waals surface area contributed by atoms with E-state index >= 15 is 0 Å². The summed E-state index contributed by atoms with van der Waals surface area (Å²) < 4.78 is 4.84. The van der Waals surface area contributed by atoms with Gasteiger partial charge < -0.3 is 10.1 Å². The average molecular weight is 194 g/mol. The van der Waals surface area contributed by atoms with Gasteiger partial charge in [-0.2, -0.15) is 0 Å². The van der Waals surface area contributed by atoms with Gasteiger partial charge in [0.25, 0.3) is 0 Å². The summed E-state index contributed by atoms with van der Waals surface area (Å²) in [6, 6.07) is 0. The van der Waals surface area contributed by atoms with Crippen LogP contribution in [-0.2, 0) is 9.53 Å². The van der Waals surface area contributed by atoms with E-state index < -0.39 is 0 Å². The summed E-state index contributed by atoms with van der Waals surface area (Å²) in [6.07, 6.45) is 2.72. The highest BCUT2D eigenvalue weighted by Gasteiger charge is 2.43. The molecule has 1 aliphatic carbocycles. The Bertz CT molecular complexity index is 157. The van der Waals surface area contributed by atoms with Crippen LogP contribution in [0.1, 0.15) is 26.2 Å². The highest BCUT2D eigenvalue weighted by Crippen LogP contribution is 2.38. The van der Waals surface area contributed by atoms with E-state index in [0.29, 0.717) is 13.0 Å². The number of hydrogen-bond donors (Lipinski definition) is 1. The molecule has 0 bridgehead atoms. The SMILES string of the molecule is CCOC(=O)CC1(NC)CC1.Cl. The first-order valence-corrected chi connectivity index (χ1v) is 4.07. The first kappa shape index (κ1) is 11.7. The third-order valence-corrected chi connectivity index (χ3v) is 2.17. The van der Waals surface area contributed by atoms with Crippen molar-refractivity contribution in [1.82, 2.24) is 5.32 Å². The fraction of sp³-hybridized carbons (Fsp3) is 0.875. The number of halogens is 1. The van der Waals surface area contributed by atoms with Gasteiger partial charge in [-0.3, -0.25) is 4.79 Å². The van der Waals surface area contributed by atoms with Gasteiger partial charge in [0.1, 0.15) is 0 Å². The quantitative estimate of drug-likeness (QED) is 0.680. The Balaban J connectivity index is 0.00000121. The monoisotopic (exact) mass is 193 g/mol. The van der Waals surface area contributed by atoms with Gasteiger partial charge in [-0.15, -0.1) is 12.4 Å². The van der Waals surface area contributed by atoms with Crippen molar-refractivity contribution in [3.05, 3.63) is 0 Å². The van der Waals surface area contributed by atoms with Gasteiger partial charge in [0.05, 0.1) is 13.0 Å². The van der Waals surface area contributed by atoms with Gasteiger partial charge >= 0.3 is 5.97 Å². The number of nitrogens with one attached hydrogen (secondary N) is 1. The summed E-state index contributed by atoms with van der Waals surface area (Å²) in [6.45, 7) is 2.31. The van der Waals surface area contributed by atoms with Gasteiger partial charge in [0.2, 0.25) is 0 Å². The van der Waals surface area contributed by atoms with E-state index in [1.54, 1.807) is 0 Å². The highest BCUT2D eigenvalue weighted by atomic mass is 35.5. The second kappa shape index (κ2) is 4.67. The first-order chi connectivity index (χ1) is 5.22. The molecule has 1 N–H and O–H groups in total. The molecular weight excluding hydrogens is 178 g/mol. The van der Waals surface area contributed by atoms with Crippen LogP contribution >= 0.6 is 12.4 Å². The van der Waals surface area contributed by atoms with Crippen molar-refractivity contribution in [2.45, 2.75) is 31.7 Å². The summed E-state index contributed by atoms with van der Waals surface area (Å²) >= 11 is 0. The summed E-state index contributed by atoms with van der Waals surface area (Å²) in [5.74, 6) is -0.0839. The molecule has 0 radical (unpaired) electrons. The molecule has 0 aliphatic heterocycles. The molecule has 4 heteroatoms. The van der Waals surface area contributed by atoms with Crippen LogP contribution in [0.5, 0.6) is 0 Å². The molecule has 12 heavy (non-hydrogen) atoms. The number of hydrogen-bond acceptors (Lipinski definition) is 3. The number of esters is 1. The average Bonchev–Trinajstić information content (AvgIpc) is 2.70. The van der Waals surface area contributed by atoms with Gasteiger partial charge in [-0.25, -0.2) is 0 Å². The van der Waals surface area contributed by atoms with Gasteiger partial charge in [-0.05, 0) is 26.8 Å². The van der Waals surface area contributed by atoms with Crippen molar-refractivity contribution < 1.29 is 9.53 Å². The molecule has 0 aromatic rings. The van der Waals surface area contributed by atoms with Crippen LogP contribution in [0.2, 0.25) is 0 Å². The minimum absolute atomic E-state index is 0. The maximum atomic E-state index is 11.0. The Morgan fingerprint density at radius 3 is 2.50 bits per heavy atom. The molecule has 0 aromatic heterocycles. The van der Waals surface area contributed by atoms with Crippen LogP contribution in [0, 0.1) is 0 Å². The van der Waals surface area contributed by atoms with E-state index in [2.05, 4.69) is 5.32 Å². The van der Waals surface area contributed by atoms with E-state index in [4.69, 9.17) is 4.74 Å². The molecule has 0 heterocycles. The van der Waals surface area contributed by atoms with Crippen LogP contribution in [0.3, 0.4) is 0 Å². The molecule has 3 nitrogen and oxygen atoms in total. The van der Waals surface area contributed by atoms with Crippen molar-refractivity contribution in [3.63, 3.8) is 0 Å². The van der Waals surface area contributed by atoms with E-state index in [9.17, 15) is 4.79 Å². The third kappa shape index (κ3) is 2.99. The number of carbonyl (C=O) groups excluding carboxylic acids is 1. The van der Waals surface area contributed by atoms with Gasteiger partial charge in [0, 0.05) is 5.54 Å². The molecular formula is C8H16ClNO2. The fourth-order valence-electron chi connectivity index (χ4n) is 1.15. The van der Waals surface area contributed by atoms with E-state index in [0.717, 1.165) is 12.8 Å². The number of rotatable bonds is 4. The molecule has 1 saturated carbocycles. The summed E-state index contributed by atoms with van der Waals surface area (Å²) in [5, 5.41) is 3.14. The Hall–Kier alpha value is -0.280. The predicted octanol–water partition coefficient (Wildman–Crippen LogP) is 1.11. The second-order valence-corrected chi connectivity index (χ2v) is 3.01. The Morgan fingerprint density at radius 2 is 2.17 bits per heavy atom.